The fourth-order valence-electron chi connectivity index (χ4n) is 3.90. The van der Waals surface area contributed by atoms with Gasteiger partial charge in [0.15, 0.2) is 5.65 Å². The Morgan fingerprint density at radius 2 is 2.03 bits per heavy atom. The lowest BCUT2D eigenvalue weighted by atomic mass is 9.76. The van der Waals surface area contributed by atoms with Gasteiger partial charge >= 0.3 is 7.48 Å². The van der Waals surface area contributed by atoms with Gasteiger partial charge in [0.2, 0.25) is 10.0 Å². The molecule has 1 aliphatic heterocycles. The number of hydrogen-bond acceptors (Lipinski definition) is 5. The molecule has 2 aliphatic rings. The summed E-state index contributed by atoms with van der Waals surface area (Å²) in [6.07, 6.45) is 6.26. The van der Waals surface area contributed by atoms with Crippen LogP contribution >= 0.6 is 0 Å². The predicted octanol–water partition coefficient (Wildman–Crippen LogP) is 2.62. The number of aromatic nitrogens is 2. The minimum Gasteiger partial charge on any atom is -0.557 e. The Morgan fingerprint density at radius 1 is 1.28 bits per heavy atom. The molecule has 2 aromatic heterocycles. The maximum atomic E-state index is 13.0. The molecule has 1 aliphatic carbocycles. The first-order valence-electron chi connectivity index (χ1n) is 9.10. The van der Waals surface area contributed by atoms with Crippen LogP contribution in [0.15, 0.2) is 47.5 Å². The molecule has 3 heterocycles. The molecule has 3 aromatic rings. The second-order valence-corrected chi connectivity index (χ2v) is 8.93. The van der Waals surface area contributed by atoms with Crippen LogP contribution in [0, 0.1) is 5.82 Å². The average Bonchev–Trinajstić information content (AvgIpc) is 3.01. The minimum absolute atomic E-state index is 0.0334. The Morgan fingerprint density at radius 3 is 2.79 bits per heavy atom. The molecule has 29 heavy (non-hydrogen) atoms. The Kier molecular flexibility index (Phi) is 4.14. The number of rotatable bonds is 4. The Balaban J connectivity index is 1.38. The molecule has 1 saturated carbocycles. The lowest BCUT2D eigenvalue weighted by molar-refractivity contribution is 0.196. The van der Waals surface area contributed by atoms with E-state index in [1.165, 1.54) is 12.1 Å². The average molecular weight is 412 g/mol. The van der Waals surface area contributed by atoms with Crippen molar-refractivity contribution in [1.29, 1.82) is 0 Å². The number of fused-ring (bicyclic) bond motifs is 3. The van der Waals surface area contributed by atoms with Crippen LogP contribution in [-0.4, -0.2) is 36.9 Å². The second-order valence-electron chi connectivity index (χ2n) is 7.22. The van der Waals surface area contributed by atoms with Gasteiger partial charge in [-0.15, -0.1) is 0 Å². The fraction of sp³-hybridized carbons (Fsp3) is 0.211. The highest BCUT2D eigenvalue weighted by Gasteiger charge is 2.36. The minimum atomic E-state index is -3.71. The summed E-state index contributed by atoms with van der Waals surface area (Å²) in [6.45, 7) is 0. The van der Waals surface area contributed by atoms with Crippen molar-refractivity contribution in [3.05, 3.63) is 59.6 Å². The summed E-state index contributed by atoms with van der Waals surface area (Å²) < 4.78 is 47.2. The lowest BCUT2D eigenvalue weighted by Crippen LogP contribution is -2.43. The van der Waals surface area contributed by atoms with Crippen molar-refractivity contribution in [3.63, 3.8) is 0 Å². The summed E-state index contributed by atoms with van der Waals surface area (Å²) in [6, 6.07) is 4.50. The monoisotopic (exact) mass is 412 g/mol. The summed E-state index contributed by atoms with van der Waals surface area (Å²) in [5, 5.41) is 11.0. The number of nitrogens with one attached hydrogen (secondary N) is 1. The van der Waals surface area contributed by atoms with Gasteiger partial charge in [0.25, 0.3) is 0 Å². The highest BCUT2D eigenvalue weighted by molar-refractivity contribution is 7.89. The number of benzene rings is 1. The fourth-order valence-corrected chi connectivity index (χ4v) is 5.16. The zero-order valence-corrected chi connectivity index (χ0v) is 15.9. The number of nitrogens with zero attached hydrogens (tertiary/aromatic N) is 2. The maximum absolute atomic E-state index is 13.0. The van der Waals surface area contributed by atoms with E-state index in [1.54, 1.807) is 25.9 Å². The van der Waals surface area contributed by atoms with Crippen molar-refractivity contribution in [2.75, 3.05) is 0 Å². The molecule has 0 atom stereocenters. The van der Waals surface area contributed by atoms with Crippen molar-refractivity contribution >= 4 is 34.6 Å². The maximum Gasteiger partial charge on any atom is 0.401 e. The van der Waals surface area contributed by atoms with E-state index in [0.717, 1.165) is 33.4 Å². The van der Waals surface area contributed by atoms with Crippen molar-refractivity contribution in [3.8, 4) is 5.75 Å². The Bertz CT molecular complexity index is 1230. The molecule has 0 saturated heterocycles. The van der Waals surface area contributed by atoms with E-state index in [9.17, 15) is 18.0 Å². The largest absolute Gasteiger partial charge is 0.557 e. The molecular weight excluding hydrogens is 396 g/mol. The number of pyridine rings is 1. The first-order valence-corrected chi connectivity index (χ1v) is 10.6. The SMILES string of the molecule is O=S(=O)(NC1CC(c2cn(O)c3ncc4c(c23)C=C[B]O4)C1)c1ccc(F)cc1. The molecule has 1 aromatic carbocycles. The zero-order valence-electron chi connectivity index (χ0n) is 15.1. The van der Waals surface area contributed by atoms with Gasteiger partial charge in [-0.1, -0.05) is 12.1 Å². The van der Waals surface area contributed by atoms with Crippen molar-refractivity contribution in [2.24, 2.45) is 0 Å². The highest BCUT2D eigenvalue weighted by Crippen LogP contribution is 2.43. The second kappa shape index (κ2) is 6.60. The topological polar surface area (TPSA) is 93.5 Å². The smallest absolute Gasteiger partial charge is 0.401 e. The third kappa shape index (κ3) is 3.08. The molecule has 0 amide bonds. The molecule has 0 bridgehead atoms. The van der Waals surface area contributed by atoms with Crippen LogP contribution in [0.5, 0.6) is 5.75 Å². The van der Waals surface area contributed by atoms with Crippen LogP contribution in [0.3, 0.4) is 0 Å². The molecule has 7 nitrogen and oxygen atoms in total. The lowest BCUT2D eigenvalue weighted by Gasteiger charge is -2.35. The molecule has 147 valence electrons. The first kappa shape index (κ1) is 18.2. The van der Waals surface area contributed by atoms with Gasteiger partial charge in [-0.05, 0) is 48.6 Å². The van der Waals surface area contributed by atoms with E-state index in [4.69, 9.17) is 4.65 Å². The third-order valence-electron chi connectivity index (χ3n) is 5.39. The van der Waals surface area contributed by atoms with E-state index in [1.807, 2.05) is 6.08 Å². The van der Waals surface area contributed by atoms with E-state index in [-0.39, 0.29) is 16.9 Å². The van der Waals surface area contributed by atoms with Gasteiger partial charge in [0.1, 0.15) is 11.6 Å². The van der Waals surface area contributed by atoms with Gasteiger partial charge in [0, 0.05) is 23.2 Å². The summed E-state index contributed by atoms with van der Waals surface area (Å²) >= 11 is 0. The van der Waals surface area contributed by atoms with Crippen LogP contribution in [-0.2, 0) is 10.0 Å². The molecule has 1 fully saturated rings. The quantitative estimate of drug-likeness (QED) is 0.508. The molecular formula is C19H16BFN3O4S. The normalized spacial score (nSPS) is 20.6. The van der Waals surface area contributed by atoms with Crippen LogP contribution in [0.25, 0.3) is 17.1 Å². The standard InChI is InChI=1S/C19H16BFN3O4S/c21-12-1-3-14(4-2-12)29(26,27)23-13-7-11(8-13)16-10-24(25)19-18(16)15-5-6-20-28-17(15)9-22-19/h1-6,9-11,13,23,25H,7-8H2. The van der Waals surface area contributed by atoms with Gasteiger partial charge in [-0.3, -0.25) is 0 Å². The molecule has 1 radical (unpaired) electrons. The van der Waals surface area contributed by atoms with Gasteiger partial charge in [-0.25, -0.2) is 22.5 Å². The number of hydrogen-bond donors (Lipinski definition) is 2. The first-order chi connectivity index (χ1) is 13.9. The van der Waals surface area contributed by atoms with E-state index < -0.39 is 15.8 Å². The summed E-state index contributed by atoms with van der Waals surface area (Å²) in [5.74, 6) is 1.97. The molecule has 5 rings (SSSR count). The Hall–Kier alpha value is -2.85. The molecule has 0 unspecified atom stereocenters. The summed E-state index contributed by atoms with van der Waals surface area (Å²) in [5.41, 5.74) is 2.18. The summed E-state index contributed by atoms with van der Waals surface area (Å²) in [7, 11) is -2.15. The van der Waals surface area contributed by atoms with E-state index in [0.29, 0.717) is 24.2 Å². The van der Waals surface area contributed by atoms with Crippen LogP contribution in [0.4, 0.5) is 4.39 Å². The van der Waals surface area contributed by atoms with Crippen molar-refractivity contribution in [2.45, 2.75) is 29.7 Å². The van der Waals surface area contributed by atoms with E-state index >= 15 is 0 Å². The van der Waals surface area contributed by atoms with Crippen LogP contribution in [0.2, 0.25) is 0 Å². The Labute approximate surface area is 167 Å². The predicted molar refractivity (Wildman–Crippen MR) is 105 cm³/mol. The third-order valence-corrected chi connectivity index (χ3v) is 6.93. The highest BCUT2D eigenvalue weighted by atomic mass is 32.2. The van der Waals surface area contributed by atoms with Crippen molar-refractivity contribution in [1.82, 2.24) is 14.4 Å². The van der Waals surface area contributed by atoms with Gasteiger partial charge in [0.05, 0.1) is 11.1 Å². The number of halogens is 1. The van der Waals surface area contributed by atoms with Crippen LogP contribution in [0.1, 0.15) is 29.9 Å². The molecule has 2 N–H and O–H groups in total. The zero-order chi connectivity index (χ0) is 20.2. The van der Waals surface area contributed by atoms with Crippen LogP contribution < -0.4 is 9.38 Å². The van der Waals surface area contributed by atoms with Gasteiger partial charge in [-0.2, -0.15) is 4.73 Å². The van der Waals surface area contributed by atoms with E-state index in [2.05, 4.69) is 9.71 Å². The molecule has 0 spiro atoms. The summed E-state index contributed by atoms with van der Waals surface area (Å²) in [4.78, 5) is 4.31. The van der Waals surface area contributed by atoms with Crippen molar-refractivity contribution < 1.29 is 22.7 Å². The number of sulfonamides is 1. The van der Waals surface area contributed by atoms with Gasteiger partial charge < -0.3 is 9.86 Å². The molecule has 10 heteroatoms.